The quantitative estimate of drug-likeness (QED) is 0.934. The number of piperidine rings is 1. The van der Waals surface area contributed by atoms with Gasteiger partial charge in [0.15, 0.2) is 5.76 Å². The number of amides is 1. The van der Waals surface area contributed by atoms with Gasteiger partial charge in [0.25, 0.3) is 5.89 Å². The zero-order valence-electron chi connectivity index (χ0n) is 12.6. The Bertz CT molecular complexity index is 625. The summed E-state index contributed by atoms with van der Waals surface area (Å²) in [5.74, 6) is 1.99. The lowest BCUT2D eigenvalue weighted by atomic mass is 9.97. The first-order chi connectivity index (χ1) is 10.7. The van der Waals surface area contributed by atoms with E-state index in [4.69, 9.17) is 13.9 Å². The van der Waals surface area contributed by atoms with Crippen molar-refractivity contribution in [2.45, 2.75) is 26.2 Å². The maximum absolute atomic E-state index is 12.4. The summed E-state index contributed by atoms with van der Waals surface area (Å²) in [7, 11) is 0. The van der Waals surface area contributed by atoms with Gasteiger partial charge in [0.05, 0.1) is 18.4 Å². The molecule has 1 aliphatic rings. The van der Waals surface area contributed by atoms with Gasteiger partial charge in [-0.2, -0.15) is 0 Å². The second-order valence-electron chi connectivity index (χ2n) is 5.68. The summed E-state index contributed by atoms with van der Waals surface area (Å²) in [6.07, 6.45) is 3.51. The molecule has 6 nitrogen and oxygen atoms in total. The molecule has 1 saturated heterocycles. The molecular weight excluding hydrogens is 284 g/mol. The SMILES string of the molecule is Cc1oc(-c2ccco2)nc1CC(=O)N1CCC(CO)CC1. The third-order valence-electron chi connectivity index (χ3n) is 4.17. The molecule has 2 aromatic rings. The Kier molecular flexibility index (Phi) is 4.29. The third-order valence-corrected chi connectivity index (χ3v) is 4.17. The third kappa shape index (κ3) is 3.06. The molecule has 6 heteroatoms. The fraction of sp³-hybridized carbons (Fsp3) is 0.500. The monoisotopic (exact) mass is 304 g/mol. The molecule has 22 heavy (non-hydrogen) atoms. The number of rotatable bonds is 4. The molecule has 0 radical (unpaired) electrons. The highest BCUT2D eigenvalue weighted by molar-refractivity contribution is 5.78. The van der Waals surface area contributed by atoms with Crippen molar-refractivity contribution in [3.8, 4) is 11.7 Å². The fourth-order valence-corrected chi connectivity index (χ4v) is 2.72. The second-order valence-corrected chi connectivity index (χ2v) is 5.68. The van der Waals surface area contributed by atoms with Crippen LogP contribution in [0.15, 0.2) is 27.2 Å². The minimum atomic E-state index is 0.0544. The van der Waals surface area contributed by atoms with Crippen LogP contribution >= 0.6 is 0 Å². The van der Waals surface area contributed by atoms with Crippen LogP contribution in [0.1, 0.15) is 24.3 Å². The molecule has 118 valence electrons. The predicted molar refractivity (Wildman–Crippen MR) is 79.0 cm³/mol. The number of aliphatic hydroxyl groups excluding tert-OH is 1. The molecule has 2 aromatic heterocycles. The van der Waals surface area contributed by atoms with Gasteiger partial charge in [-0.05, 0) is 37.8 Å². The van der Waals surface area contributed by atoms with Gasteiger partial charge in [-0.25, -0.2) is 4.98 Å². The van der Waals surface area contributed by atoms with Crippen LogP contribution < -0.4 is 0 Å². The zero-order valence-corrected chi connectivity index (χ0v) is 12.6. The molecule has 1 aliphatic heterocycles. The minimum absolute atomic E-state index is 0.0544. The van der Waals surface area contributed by atoms with Gasteiger partial charge in [-0.15, -0.1) is 0 Å². The largest absolute Gasteiger partial charge is 0.459 e. The molecule has 1 N–H and O–H groups in total. The molecule has 3 rings (SSSR count). The van der Waals surface area contributed by atoms with Gasteiger partial charge >= 0.3 is 0 Å². The number of nitrogens with zero attached hydrogens (tertiary/aromatic N) is 2. The Morgan fingerprint density at radius 3 is 2.86 bits per heavy atom. The van der Waals surface area contributed by atoms with Gasteiger partial charge in [0.2, 0.25) is 5.91 Å². The van der Waals surface area contributed by atoms with Crippen LogP contribution in [0.2, 0.25) is 0 Å². The van der Waals surface area contributed by atoms with Crippen molar-refractivity contribution in [2.24, 2.45) is 5.92 Å². The summed E-state index contributed by atoms with van der Waals surface area (Å²) in [5.41, 5.74) is 0.653. The number of oxazole rings is 1. The van der Waals surface area contributed by atoms with Gasteiger partial charge in [-0.3, -0.25) is 4.79 Å². The number of furan rings is 1. The smallest absolute Gasteiger partial charge is 0.263 e. The Labute approximate surface area is 128 Å². The summed E-state index contributed by atoms with van der Waals surface area (Å²) >= 11 is 0. The van der Waals surface area contributed by atoms with Gasteiger partial charge in [0.1, 0.15) is 5.76 Å². The molecule has 0 aliphatic carbocycles. The van der Waals surface area contributed by atoms with E-state index in [1.54, 1.807) is 25.3 Å². The van der Waals surface area contributed by atoms with Crippen molar-refractivity contribution < 1.29 is 18.7 Å². The van der Waals surface area contributed by atoms with Gasteiger partial charge < -0.3 is 18.8 Å². The average Bonchev–Trinajstić information content (AvgIpc) is 3.18. The van der Waals surface area contributed by atoms with Gasteiger partial charge in [0, 0.05) is 19.7 Å². The van der Waals surface area contributed by atoms with Crippen molar-refractivity contribution in [2.75, 3.05) is 19.7 Å². The number of carbonyl (C=O) groups excluding carboxylic acids is 1. The molecule has 0 bridgehead atoms. The van der Waals surface area contributed by atoms with Crippen LogP contribution in [0.4, 0.5) is 0 Å². The van der Waals surface area contributed by atoms with Gasteiger partial charge in [-0.1, -0.05) is 0 Å². The number of likely N-dealkylation sites (tertiary alicyclic amines) is 1. The Balaban J connectivity index is 1.65. The summed E-state index contributed by atoms with van der Waals surface area (Å²) in [6.45, 7) is 3.41. The normalized spacial score (nSPS) is 16.2. The maximum atomic E-state index is 12.4. The molecule has 0 unspecified atom stereocenters. The maximum Gasteiger partial charge on any atom is 0.263 e. The van der Waals surface area contributed by atoms with E-state index >= 15 is 0 Å². The van der Waals surface area contributed by atoms with Crippen LogP contribution in [-0.2, 0) is 11.2 Å². The van der Waals surface area contributed by atoms with E-state index in [2.05, 4.69) is 4.98 Å². The first-order valence-electron chi connectivity index (χ1n) is 7.56. The van der Waals surface area contributed by atoms with Crippen LogP contribution in [0, 0.1) is 12.8 Å². The number of aryl methyl sites for hydroxylation is 1. The Hall–Kier alpha value is -2.08. The molecule has 0 aromatic carbocycles. The van der Waals surface area contributed by atoms with Crippen molar-refractivity contribution in [1.82, 2.24) is 9.88 Å². The number of carbonyl (C=O) groups is 1. The van der Waals surface area contributed by atoms with Crippen molar-refractivity contribution in [1.29, 1.82) is 0 Å². The van der Waals surface area contributed by atoms with E-state index in [0.717, 1.165) is 12.8 Å². The highest BCUT2D eigenvalue weighted by Crippen LogP contribution is 2.23. The molecule has 0 saturated carbocycles. The first-order valence-corrected chi connectivity index (χ1v) is 7.56. The summed E-state index contributed by atoms with van der Waals surface area (Å²) in [5, 5.41) is 9.15. The van der Waals surface area contributed by atoms with E-state index in [0.29, 0.717) is 42.1 Å². The van der Waals surface area contributed by atoms with Crippen LogP contribution in [0.5, 0.6) is 0 Å². The lowest BCUT2D eigenvalue weighted by molar-refractivity contribution is -0.132. The van der Waals surface area contributed by atoms with E-state index < -0.39 is 0 Å². The molecule has 3 heterocycles. The number of aromatic nitrogens is 1. The summed E-state index contributed by atoms with van der Waals surface area (Å²) in [4.78, 5) is 18.6. The standard InChI is InChI=1S/C16H20N2O4/c1-11-13(17-16(22-11)14-3-2-8-21-14)9-15(20)18-6-4-12(10-19)5-7-18/h2-3,8,12,19H,4-7,9-10H2,1H3. The first kappa shape index (κ1) is 14.8. The average molecular weight is 304 g/mol. The van der Waals surface area contributed by atoms with E-state index in [-0.39, 0.29) is 18.9 Å². The van der Waals surface area contributed by atoms with Crippen molar-refractivity contribution >= 4 is 5.91 Å². The highest BCUT2D eigenvalue weighted by atomic mass is 16.4. The highest BCUT2D eigenvalue weighted by Gasteiger charge is 2.24. The van der Waals surface area contributed by atoms with Crippen LogP contribution in [0.3, 0.4) is 0 Å². The van der Waals surface area contributed by atoms with E-state index in [9.17, 15) is 4.79 Å². The molecule has 1 fully saturated rings. The predicted octanol–water partition coefficient (Wildman–Crippen LogP) is 2.02. The van der Waals surface area contributed by atoms with E-state index in [1.807, 2.05) is 4.90 Å². The van der Waals surface area contributed by atoms with Crippen LogP contribution in [-0.4, -0.2) is 40.6 Å². The molecule has 0 atom stereocenters. The summed E-state index contributed by atoms with van der Waals surface area (Å²) < 4.78 is 10.8. The second kappa shape index (κ2) is 6.36. The number of hydrogen-bond acceptors (Lipinski definition) is 5. The van der Waals surface area contributed by atoms with Crippen molar-refractivity contribution in [3.05, 3.63) is 29.9 Å². The summed E-state index contributed by atoms with van der Waals surface area (Å²) in [6, 6.07) is 3.54. The van der Waals surface area contributed by atoms with Crippen LogP contribution in [0.25, 0.3) is 11.7 Å². The zero-order chi connectivity index (χ0) is 15.5. The molecule has 1 amide bonds. The minimum Gasteiger partial charge on any atom is -0.459 e. The molecule has 0 spiro atoms. The number of hydrogen-bond donors (Lipinski definition) is 1. The van der Waals surface area contributed by atoms with Crippen molar-refractivity contribution in [3.63, 3.8) is 0 Å². The Morgan fingerprint density at radius 1 is 1.45 bits per heavy atom. The lowest BCUT2D eigenvalue weighted by Gasteiger charge is -2.31. The van der Waals surface area contributed by atoms with E-state index in [1.165, 1.54) is 0 Å². The number of aliphatic hydroxyl groups is 1. The lowest BCUT2D eigenvalue weighted by Crippen LogP contribution is -2.40. The topological polar surface area (TPSA) is 79.7 Å². The fourth-order valence-electron chi connectivity index (χ4n) is 2.72. The molecular formula is C16H20N2O4. The Morgan fingerprint density at radius 2 is 2.23 bits per heavy atom.